The number of carbonyl (C=O) groups is 2. The minimum Gasteiger partial charge on any atom is -0.434 e. The topological polar surface area (TPSA) is 247 Å². The quantitative estimate of drug-likeness (QED) is 0.0677. The van der Waals surface area contributed by atoms with Gasteiger partial charge in [-0.05, 0) is 83.6 Å². The van der Waals surface area contributed by atoms with Gasteiger partial charge in [-0.2, -0.15) is 17.6 Å². The molecule has 2 amide bonds. The average Bonchev–Trinajstić information content (AvgIpc) is 3.80. The first-order chi connectivity index (χ1) is 36.6. The molecule has 10 rings (SSSR count). The summed E-state index contributed by atoms with van der Waals surface area (Å²) >= 11 is 0. The van der Waals surface area contributed by atoms with Crippen LogP contribution in [0.25, 0.3) is 44.1 Å². The Morgan fingerprint density at radius 3 is 1.33 bits per heavy atom. The number of nitrogens with one attached hydrogen (secondary N) is 4. The molecule has 0 bridgehead atoms. The summed E-state index contributed by atoms with van der Waals surface area (Å²) in [6.45, 7) is -5.24. The second kappa shape index (κ2) is 22.9. The fourth-order valence-electron chi connectivity index (χ4n) is 9.22. The molecule has 2 saturated heterocycles. The molecule has 4 aromatic carbocycles. The number of nitrogens with zero attached hydrogens (tertiary/aromatic N) is 8. The number of carbonyl (C=O) groups excluding carboxylic acids is 2. The van der Waals surface area contributed by atoms with Crippen molar-refractivity contribution in [3.8, 4) is 33.8 Å². The highest BCUT2D eigenvalue weighted by Crippen LogP contribution is 2.30. The second-order valence-electron chi connectivity index (χ2n) is 18.2. The van der Waals surface area contributed by atoms with Crippen LogP contribution in [0.4, 0.5) is 29.5 Å². The van der Waals surface area contributed by atoms with E-state index in [9.17, 15) is 47.0 Å². The van der Waals surface area contributed by atoms with E-state index in [4.69, 9.17) is 0 Å². The number of ether oxygens (including phenoxy) is 2. The molecule has 0 radical (unpaired) electrons. The molecule has 2 aliphatic heterocycles. The average molecular weight is 1050 g/mol. The van der Waals surface area contributed by atoms with Crippen molar-refractivity contribution in [2.75, 3.05) is 23.7 Å². The van der Waals surface area contributed by atoms with Crippen LogP contribution >= 0.6 is 0 Å². The van der Waals surface area contributed by atoms with Gasteiger partial charge in [0.15, 0.2) is 0 Å². The summed E-state index contributed by atoms with van der Waals surface area (Å²) in [6.07, 6.45) is 8.91. The normalized spacial score (nSPS) is 15.6. The Hall–Kier alpha value is -8.64. The number of aliphatic hydroxyl groups is 2. The van der Waals surface area contributed by atoms with Gasteiger partial charge in [-0.25, -0.2) is 19.9 Å². The number of alkyl halides is 4. The molecule has 0 spiro atoms. The van der Waals surface area contributed by atoms with E-state index in [1.807, 2.05) is 12.1 Å². The van der Waals surface area contributed by atoms with Crippen molar-refractivity contribution in [1.82, 2.24) is 49.3 Å². The first-order valence-electron chi connectivity index (χ1n) is 24.1. The van der Waals surface area contributed by atoms with Crippen molar-refractivity contribution >= 4 is 45.5 Å². The highest BCUT2D eigenvalue weighted by Gasteiger charge is 2.23. The minimum absolute atomic E-state index is 0.0106. The fraction of sp³-hybridized carbons (Fsp3) is 0.308. The van der Waals surface area contributed by atoms with Crippen LogP contribution < -0.4 is 41.9 Å². The third-order valence-corrected chi connectivity index (χ3v) is 13.1. The summed E-state index contributed by atoms with van der Waals surface area (Å²) < 4.78 is 67.6. The van der Waals surface area contributed by atoms with Gasteiger partial charge in [0, 0.05) is 99.2 Å². The van der Waals surface area contributed by atoms with Crippen molar-refractivity contribution in [3.05, 3.63) is 141 Å². The Morgan fingerprint density at radius 2 is 0.974 bits per heavy atom. The van der Waals surface area contributed by atoms with E-state index in [1.54, 1.807) is 84.6 Å². The van der Waals surface area contributed by atoms with E-state index in [-0.39, 0.29) is 72.8 Å². The molecule has 20 nitrogen and oxygen atoms in total. The lowest BCUT2D eigenvalue weighted by Gasteiger charge is -2.22. The highest BCUT2D eigenvalue weighted by atomic mass is 19.3. The van der Waals surface area contributed by atoms with Crippen LogP contribution in [0.2, 0.25) is 0 Å². The summed E-state index contributed by atoms with van der Waals surface area (Å²) in [5.41, 5.74) is 5.48. The molecule has 2 fully saturated rings. The smallest absolute Gasteiger partial charge is 0.387 e. The molecular formula is C52H52F4N12O8. The zero-order chi connectivity index (χ0) is 53.6. The van der Waals surface area contributed by atoms with E-state index in [1.165, 1.54) is 33.6 Å². The number of fused-ring (bicyclic) bond motifs is 2. The van der Waals surface area contributed by atoms with Crippen LogP contribution in [0.3, 0.4) is 0 Å². The summed E-state index contributed by atoms with van der Waals surface area (Å²) in [5, 5.41) is 31.9. The third kappa shape index (κ3) is 11.8. The van der Waals surface area contributed by atoms with Gasteiger partial charge in [-0.15, -0.1) is 0 Å². The molecule has 24 heteroatoms. The number of hydrogen-bond donors (Lipinski definition) is 6. The van der Waals surface area contributed by atoms with E-state index in [0.29, 0.717) is 93.0 Å². The van der Waals surface area contributed by atoms with Crippen LogP contribution in [0.15, 0.2) is 107 Å². The van der Waals surface area contributed by atoms with Crippen molar-refractivity contribution in [2.24, 2.45) is 14.1 Å². The summed E-state index contributed by atoms with van der Waals surface area (Å²) in [4.78, 5) is 66.6. The van der Waals surface area contributed by atoms with Gasteiger partial charge in [0.2, 0.25) is 23.7 Å². The zero-order valence-corrected chi connectivity index (χ0v) is 41.1. The standard InChI is InChI=1S/2C26H26F2N6O4/c2*1-33-24(37)20-4-3-16(18-11-30-26(31-12-18)32-19-6-7-29-23(36)10-19)9-21(20)34(33)13-17-8-15(14-35)2-5-22(17)38-25(27)28/h2*2-5,8-9,11-12,19,25,35H,6-7,10,13-14H2,1H3,(H,29,36)(H,30,31,32)/t19-;/m1./s1. The molecule has 2 atom stereocenters. The number of halogens is 4. The number of piperidine rings is 2. The Bertz CT molecular complexity index is 3300. The number of aliphatic hydroxyl groups excluding tert-OH is 2. The fourth-order valence-corrected chi connectivity index (χ4v) is 9.22. The first kappa shape index (κ1) is 52.2. The van der Waals surface area contributed by atoms with Crippen LogP contribution in [-0.2, 0) is 50.0 Å². The Labute approximate surface area is 429 Å². The molecule has 8 aromatic rings. The Kier molecular flexibility index (Phi) is 15.7. The Balaban J connectivity index is 0.000000186. The van der Waals surface area contributed by atoms with Crippen LogP contribution in [0, 0.1) is 0 Å². The van der Waals surface area contributed by atoms with Crippen molar-refractivity contribution < 1.29 is 46.8 Å². The number of hydrogen-bond acceptors (Lipinski definition) is 14. The molecular weight excluding hydrogens is 997 g/mol. The Morgan fingerprint density at radius 1 is 0.579 bits per heavy atom. The monoisotopic (exact) mass is 1050 g/mol. The van der Waals surface area contributed by atoms with Gasteiger partial charge >= 0.3 is 13.2 Å². The van der Waals surface area contributed by atoms with E-state index >= 15 is 0 Å². The van der Waals surface area contributed by atoms with Gasteiger partial charge in [0.05, 0.1) is 48.1 Å². The van der Waals surface area contributed by atoms with Gasteiger partial charge in [0.25, 0.3) is 11.1 Å². The van der Waals surface area contributed by atoms with Gasteiger partial charge in [0.1, 0.15) is 11.5 Å². The SMILES string of the molecule is Cn1c(=O)c2ccc(-c3cnc(NC4CCNC(=O)C4)nc3)cc2n1Cc1cc(CO)ccc1OC(F)F.Cn1c(=O)c2ccc(-c3cnc(N[C@@H]4CCNC(=O)C4)nc3)cc2n1Cc1cc(CO)ccc1OC(F)F. The largest absolute Gasteiger partial charge is 0.434 e. The molecule has 6 N–H and O–H groups in total. The van der Waals surface area contributed by atoms with Crippen LogP contribution in [0.5, 0.6) is 11.5 Å². The van der Waals surface area contributed by atoms with Crippen molar-refractivity contribution in [2.45, 2.75) is 77.3 Å². The van der Waals surface area contributed by atoms with Gasteiger partial charge in [-0.1, -0.05) is 24.3 Å². The number of amides is 2. The van der Waals surface area contributed by atoms with E-state index < -0.39 is 13.2 Å². The second-order valence-corrected chi connectivity index (χ2v) is 18.2. The van der Waals surface area contributed by atoms with Crippen molar-refractivity contribution in [3.63, 3.8) is 0 Å². The van der Waals surface area contributed by atoms with E-state index in [0.717, 1.165) is 24.0 Å². The maximum atomic E-state index is 13.0. The lowest BCUT2D eigenvalue weighted by molar-refractivity contribution is -0.123. The van der Waals surface area contributed by atoms with Crippen molar-refractivity contribution in [1.29, 1.82) is 0 Å². The minimum atomic E-state index is -3.02. The molecule has 2 aliphatic rings. The molecule has 1 unspecified atom stereocenters. The molecule has 0 saturated carbocycles. The number of aromatic nitrogens is 8. The molecule has 4 aromatic heterocycles. The number of anilines is 2. The molecule has 76 heavy (non-hydrogen) atoms. The van der Waals surface area contributed by atoms with Gasteiger partial charge < -0.3 is 41.0 Å². The van der Waals surface area contributed by atoms with Crippen LogP contribution in [-0.4, -0.2) is 99.1 Å². The molecule has 396 valence electrons. The van der Waals surface area contributed by atoms with Gasteiger partial charge in [-0.3, -0.25) is 37.9 Å². The van der Waals surface area contributed by atoms with E-state index in [2.05, 4.69) is 50.7 Å². The lowest BCUT2D eigenvalue weighted by atomic mass is 10.1. The first-order valence-corrected chi connectivity index (χ1v) is 24.1. The molecule has 0 aliphatic carbocycles. The number of benzene rings is 4. The number of rotatable bonds is 16. The predicted molar refractivity (Wildman–Crippen MR) is 272 cm³/mol. The summed E-state index contributed by atoms with van der Waals surface area (Å²) in [5.74, 6) is 0.749. The van der Waals surface area contributed by atoms with Crippen LogP contribution in [0.1, 0.15) is 47.9 Å². The predicted octanol–water partition coefficient (Wildman–Crippen LogP) is 5.26. The lowest BCUT2D eigenvalue weighted by Crippen LogP contribution is -2.39. The summed E-state index contributed by atoms with van der Waals surface area (Å²) in [7, 11) is 3.20. The zero-order valence-electron chi connectivity index (χ0n) is 41.1. The highest BCUT2D eigenvalue weighted by molar-refractivity contribution is 5.86. The third-order valence-electron chi connectivity index (χ3n) is 13.1. The summed E-state index contributed by atoms with van der Waals surface area (Å²) in [6, 6.07) is 19.5. The molecule has 6 heterocycles. The maximum absolute atomic E-state index is 13.0. The maximum Gasteiger partial charge on any atom is 0.387 e.